The molecule has 2 nitrogen and oxygen atoms in total. The van der Waals surface area contributed by atoms with Crippen LogP contribution in [-0.2, 0) is 11.2 Å². The van der Waals surface area contributed by atoms with E-state index in [0.29, 0.717) is 12.1 Å². The molecule has 0 unspecified atom stereocenters. The van der Waals surface area contributed by atoms with Gasteiger partial charge in [-0.2, -0.15) is 0 Å². The number of benzene rings is 1. The number of likely N-dealkylation sites (N-methyl/N-ethyl adjacent to an activating group) is 1. The van der Waals surface area contributed by atoms with Crippen LogP contribution in [0, 0.1) is 0 Å². The molecule has 1 saturated heterocycles. The number of morpholine rings is 1. The van der Waals surface area contributed by atoms with Crippen LogP contribution in [0.2, 0.25) is 0 Å². The maximum absolute atomic E-state index is 5.86. The van der Waals surface area contributed by atoms with E-state index in [0.717, 1.165) is 19.6 Å². The molecule has 1 aromatic carbocycles. The van der Waals surface area contributed by atoms with Crippen LogP contribution in [0.5, 0.6) is 0 Å². The van der Waals surface area contributed by atoms with Crippen LogP contribution < -0.4 is 0 Å². The van der Waals surface area contributed by atoms with Gasteiger partial charge in [-0.3, -0.25) is 4.90 Å². The standard InChI is InChI=1S/C12H15NO/c1-13-6-7-14-12-10-5-3-2-4-9(10)8-11(12)13/h2-5,11-12H,6-8H2,1H3/t11-,12-/m1/s1. The Morgan fingerprint density at radius 3 is 3.14 bits per heavy atom. The minimum absolute atomic E-state index is 0.324. The van der Waals surface area contributed by atoms with Crippen LogP contribution in [-0.4, -0.2) is 31.1 Å². The summed E-state index contributed by atoms with van der Waals surface area (Å²) < 4.78 is 5.86. The quantitative estimate of drug-likeness (QED) is 0.615. The SMILES string of the molecule is CN1CCO[C@@H]2c3ccccc3C[C@H]21. The first-order chi connectivity index (χ1) is 6.86. The molecule has 3 rings (SSSR count). The van der Waals surface area contributed by atoms with E-state index in [1.54, 1.807) is 0 Å². The molecule has 0 saturated carbocycles. The third kappa shape index (κ3) is 1.11. The average Bonchev–Trinajstić information content (AvgIpc) is 2.59. The number of hydrogen-bond donors (Lipinski definition) is 0. The summed E-state index contributed by atoms with van der Waals surface area (Å²) in [6, 6.07) is 9.24. The zero-order chi connectivity index (χ0) is 9.54. The van der Waals surface area contributed by atoms with E-state index in [-0.39, 0.29) is 0 Å². The minimum Gasteiger partial charge on any atom is -0.371 e. The molecule has 1 aromatic rings. The van der Waals surface area contributed by atoms with Crippen molar-refractivity contribution in [2.45, 2.75) is 18.6 Å². The Hall–Kier alpha value is -0.860. The van der Waals surface area contributed by atoms with Gasteiger partial charge in [0.2, 0.25) is 0 Å². The van der Waals surface area contributed by atoms with Crippen LogP contribution in [0.15, 0.2) is 24.3 Å². The van der Waals surface area contributed by atoms with Crippen molar-refractivity contribution >= 4 is 0 Å². The lowest BCUT2D eigenvalue weighted by molar-refractivity contribution is -0.0543. The Morgan fingerprint density at radius 2 is 2.21 bits per heavy atom. The van der Waals surface area contributed by atoms with Gasteiger partial charge in [-0.05, 0) is 24.6 Å². The average molecular weight is 189 g/mol. The first kappa shape index (κ1) is 8.45. The summed E-state index contributed by atoms with van der Waals surface area (Å²) in [5.41, 5.74) is 2.88. The van der Waals surface area contributed by atoms with Crippen molar-refractivity contribution in [2.24, 2.45) is 0 Å². The normalized spacial score (nSPS) is 31.2. The summed E-state index contributed by atoms with van der Waals surface area (Å²) in [4.78, 5) is 2.42. The molecule has 14 heavy (non-hydrogen) atoms. The van der Waals surface area contributed by atoms with Gasteiger partial charge in [0.1, 0.15) is 0 Å². The van der Waals surface area contributed by atoms with Gasteiger partial charge in [-0.15, -0.1) is 0 Å². The second kappa shape index (κ2) is 3.07. The predicted octanol–water partition coefficient (Wildman–Crippen LogP) is 1.61. The molecule has 0 spiro atoms. The molecule has 0 bridgehead atoms. The van der Waals surface area contributed by atoms with Gasteiger partial charge in [0.05, 0.1) is 12.7 Å². The van der Waals surface area contributed by atoms with E-state index in [2.05, 4.69) is 36.2 Å². The van der Waals surface area contributed by atoms with Crippen molar-refractivity contribution in [3.05, 3.63) is 35.4 Å². The van der Waals surface area contributed by atoms with E-state index >= 15 is 0 Å². The number of ether oxygens (including phenoxy) is 1. The van der Waals surface area contributed by atoms with Gasteiger partial charge in [-0.25, -0.2) is 0 Å². The van der Waals surface area contributed by atoms with Crippen LogP contribution in [0.4, 0.5) is 0 Å². The molecule has 1 aliphatic heterocycles. The molecule has 1 fully saturated rings. The van der Waals surface area contributed by atoms with Crippen molar-refractivity contribution in [3.63, 3.8) is 0 Å². The second-order valence-electron chi connectivity index (χ2n) is 4.24. The van der Waals surface area contributed by atoms with Gasteiger partial charge in [0, 0.05) is 12.6 Å². The lowest BCUT2D eigenvalue weighted by atomic mass is 10.1. The van der Waals surface area contributed by atoms with Gasteiger partial charge >= 0.3 is 0 Å². The van der Waals surface area contributed by atoms with E-state index in [9.17, 15) is 0 Å². The van der Waals surface area contributed by atoms with E-state index in [1.165, 1.54) is 11.1 Å². The summed E-state index contributed by atoms with van der Waals surface area (Å²) in [5, 5.41) is 0. The van der Waals surface area contributed by atoms with Crippen molar-refractivity contribution < 1.29 is 4.74 Å². The highest BCUT2D eigenvalue weighted by Gasteiger charge is 2.37. The zero-order valence-corrected chi connectivity index (χ0v) is 8.44. The molecule has 2 aliphatic rings. The fraction of sp³-hybridized carbons (Fsp3) is 0.500. The minimum atomic E-state index is 0.324. The van der Waals surface area contributed by atoms with Crippen LogP contribution in [0.25, 0.3) is 0 Å². The fourth-order valence-electron chi connectivity index (χ4n) is 2.61. The van der Waals surface area contributed by atoms with Gasteiger partial charge in [-0.1, -0.05) is 24.3 Å². The third-order valence-electron chi connectivity index (χ3n) is 3.45. The number of hydrogen-bond acceptors (Lipinski definition) is 2. The van der Waals surface area contributed by atoms with Gasteiger partial charge in [0.15, 0.2) is 0 Å². The van der Waals surface area contributed by atoms with Gasteiger partial charge in [0.25, 0.3) is 0 Å². The summed E-state index contributed by atoms with van der Waals surface area (Å²) >= 11 is 0. The number of rotatable bonds is 0. The largest absolute Gasteiger partial charge is 0.371 e. The van der Waals surface area contributed by atoms with Crippen molar-refractivity contribution in [3.8, 4) is 0 Å². The van der Waals surface area contributed by atoms with Crippen molar-refractivity contribution in [1.82, 2.24) is 4.90 Å². The van der Waals surface area contributed by atoms with Crippen molar-refractivity contribution in [1.29, 1.82) is 0 Å². The summed E-state index contributed by atoms with van der Waals surface area (Å²) in [6.07, 6.45) is 1.47. The van der Waals surface area contributed by atoms with Crippen LogP contribution >= 0.6 is 0 Å². The Kier molecular flexibility index (Phi) is 1.85. The molecular formula is C12H15NO. The molecular weight excluding hydrogens is 174 g/mol. The molecule has 1 aliphatic carbocycles. The maximum Gasteiger partial charge on any atom is 0.0986 e. The summed E-state index contributed by atoms with van der Waals surface area (Å²) in [6.45, 7) is 1.93. The Bertz CT molecular complexity index is 350. The van der Waals surface area contributed by atoms with Gasteiger partial charge < -0.3 is 4.74 Å². The lowest BCUT2D eigenvalue weighted by Gasteiger charge is -2.35. The first-order valence-electron chi connectivity index (χ1n) is 5.26. The fourth-order valence-corrected chi connectivity index (χ4v) is 2.61. The molecule has 0 radical (unpaired) electrons. The summed E-state index contributed by atoms with van der Waals surface area (Å²) in [7, 11) is 2.20. The van der Waals surface area contributed by atoms with Crippen LogP contribution in [0.1, 0.15) is 17.2 Å². The lowest BCUT2D eigenvalue weighted by Crippen LogP contribution is -2.43. The Labute approximate surface area is 84.5 Å². The third-order valence-corrected chi connectivity index (χ3v) is 3.45. The molecule has 0 N–H and O–H groups in total. The topological polar surface area (TPSA) is 12.5 Å². The van der Waals surface area contributed by atoms with E-state index < -0.39 is 0 Å². The maximum atomic E-state index is 5.86. The molecule has 0 amide bonds. The van der Waals surface area contributed by atoms with E-state index in [1.807, 2.05) is 0 Å². The highest BCUT2D eigenvalue weighted by atomic mass is 16.5. The molecule has 2 atom stereocenters. The molecule has 0 aromatic heterocycles. The summed E-state index contributed by atoms with van der Waals surface area (Å²) in [5.74, 6) is 0. The van der Waals surface area contributed by atoms with Crippen molar-refractivity contribution in [2.75, 3.05) is 20.2 Å². The molecule has 74 valence electrons. The molecule has 2 heteroatoms. The highest BCUT2D eigenvalue weighted by Crippen LogP contribution is 2.38. The second-order valence-corrected chi connectivity index (χ2v) is 4.24. The zero-order valence-electron chi connectivity index (χ0n) is 8.44. The molecule has 1 heterocycles. The Morgan fingerprint density at radius 1 is 1.36 bits per heavy atom. The predicted molar refractivity (Wildman–Crippen MR) is 55.3 cm³/mol. The monoisotopic (exact) mass is 189 g/mol. The van der Waals surface area contributed by atoms with E-state index in [4.69, 9.17) is 4.74 Å². The van der Waals surface area contributed by atoms with Crippen LogP contribution in [0.3, 0.4) is 0 Å². The number of nitrogens with zero attached hydrogens (tertiary/aromatic N) is 1. The number of fused-ring (bicyclic) bond motifs is 3. The first-order valence-corrected chi connectivity index (χ1v) is 5.26. The highest BCUT2D eigenvalue weighted by molar-refractivity contribution is 5.36. The smallest absolute Gasteiger partial charge is 0.0986 e. The Balaban J connectivity index is 2.00.